The van der Waals surface area contributed by atoms with Crippen molar-refractivity contribution in [3.05, 3.63) is 33.8 Å². The number of rotatable bonds is 5. The smallest absolute Gasteiger partial charge is 0.0821 e. The largest absolute Gasteiger partial charge is 0.375 e. The number of halogens is 2. The Morgan fingerprint density at radius 3 is 2.89 bits per heavy atom. The van der Waals surface area contributed by atoms with Crippen molar-refractivity contribution in [3.63, 3.8) is 0 Å². The minimum atomic E-state index is 0.271. The quantitative estimate of drug-likeness (QED) is 0.895. The molecule has 0 bridgehead atoms. The van der Waals surface area contributed by atoms with Gasteiger partial charge in [-0.25, -0.2) is 0 Å². The van der Waals surface area contributed by atoms with Crippen molar-refractivity contribution in [3.8, 4) is 0 Å². The van der Waals surface area contributed by atoms with Gasteiger partial charge < -0.3 is 10.1 Å². The molecule has 2 nitrogen and oxygen atoms in total. The predicted molar refractivity (Wildman–Crippen MR) is 84.7 cm³/mol. The normalized spacial score (nSPS) is 21.3. The number of ether oxygens (including phenoxy) is 1. The maximum absolute atomic E-state index is 6.07. The van der Waals surface area contributed by atoms with Crippen LogP contribution in [-0.4, -0.2) is 36.8 Å². The highest BCUT2D eigenvalue weighted by Crippen LogP contribution is 2.24. The number of likely N-dealkylation sites (N-methyl/N-ethyl adjacent to an activating group) is 1. The maximum Gasteiger partial charge on any atom is 0.0821 e. The summed E-state index contributed by atoms with van der Waals surface area (Å²) >= 11 is 14.0. The van der Waals surface area contributed by atoms with Gasteiger partial charge in [-0.05, 0) is 30.7 Å². The minimum Gasteiger partial charge on any atom is -0.375 e. The van der Waals surface area contributed by atoms with Crippen LogP contribution >= 0.6 is 35.0 Å². The molecule has 0 radical (unpaired) electrons. The van der Waals surface area contributed by atoms with Gasteiger partial charge in [0.25, 0.3) is 0 Å². The van der Waals surface area contributed by atoms with Crippen LogP contribution in [0.4, 0.5) is 0 Å². The first-order valence-electron chi connectivity index (χ1n) is 6.57. The molecule has 0 saturated carbocycles. The van der Waals surface area contributed by atoms with Crippen LogP contribution in [-0.2, 0) is 11.2 Å². The molecule has 1 fully saturated rings. The summed E-state index contributed by atoms with van der Waals surface area (Å²) in [6, 6.07) is 6.17. The zero-order valence-corrected chi connectivity index (χ0v) is 13.3. The molecule has 1 aliphatic heterocycles. The van der Waals surface area contributed by atoms with E-state index < -0.39 is 0 Å². The van der Waals surface area contributed by atoms with Crippen molar-refractivity contribution in [1.82, 2.24) is 5.32 Å². The third kappa shape index (κ3) is 4.54. The lowest BCUT2D eigenvalue weighted by atomic mass is 10.0. The van der Waals surface area contributed by atoms with E-state index in [1.165, 1.54) is 5.56 Å². The van der Waals surface area contributed by atoms with E-state index in [1.807, 2.05) is 30.0 Å². The fourth-order valence-electron chi connectivity index (χ4n) is 2.26. The van der Waals surface area contributed by atoms with Crippen LogP contribution in [0.1, 0.15) is 12.5 Å². The molecule has 0 spiro atoms. The Balaban J connectivity index is 2.04. The molecule has 1 aliphatic rings. The Hall–Kier alpha value is 0.0700. The molecule has 2 atom stereocenters. The second-order valence-electron chi connectivity index (χ2n) is 4.60. The topological polar surface area (TPSA) is 21.3 Å². The lowest BCUT2D eigenvalue weighted by molar-refractivity contribution is 0.0476. The van der Waals surface area contributed by atoms with Crippen molar-refractivity contribution < 1.29 is 4.74 Å². The minimum absolute atomic E-state index is 0.271. The summed E-state index contributed by atoms with van der Waals surface area (Å²) < 4.78 is 5.88. The number of hydrogen-bond donors (Lipinski definition) is 1. The summed E-state index contributed by atoms with van der Waals surface area (Å²) in [5.41, 5.74) is 1.19. The summed E-state index contributed by atoms with van der Waals surface area (Å²) in [4.78, 5) is 0. The molecule has 5 heteroatoms. The van der Waals surface area contributed by atoms with E-state index in [0.29, 0.717) is 16.1 Å². The summed E-state index contributed by atoms with van der Waals surface area (Å²) in [5, 5.41) is 4.75. The molecule has 1 saturated heterocycles. The number of nitrogens with one attached hydrogen (secondary N) is 1. The van der Waals surface area contributed by atoms with Crippen molar-refractivity contribution in [1.29, 1.82) is 0 Å². The Morgan fingerprint density at radius 1 is 1.42 bits per heavy atom. The zero-order valence-electron chi connectivity index (χ0n) is 11.0. The van der Waals surface area contributed by atoms with Gasteiger partial charge in [0.1, 0.15) is 0 Å². The summed E-state index contributed by atoms with van der Waals surface area (Å²) in [6.07, 6.45) is 1.18. The number of benzene rings is 1. The average Bonchev–Trinajstić information content (AvgIpc) is 2.43. The van der Waals surface area contributed by atoms with Crippen LogP contribution in [0, 0.1) is 0 Å². The first-order chi connectivity index (χ1) is 9.20. The second kappa shape index (κ2) is 7.75. The second-order valence-corrected chi connectivity index (χ2v) is 6.57. The van der Waals surface area contributed by atoms with Crippen LogP contribution in [0.15, 0.2) is 18.2 Å². The Morgan fingerprint density at radius 2 is 2.26 bits per heavy atom. The molecule has 0 aliphatic carbocycles. The maximum atomic E-state index is 6.07. The fraction of sp³-hybridized carbons (Fsp3) is 0.571. The Kier molecular flexibility index (Phi) is 6.30. The molecule has 1 N–H and O–H groups in total. The molecule has 2 unspecified atom stereocenters. The van der Waals surface area contributed by atoms with E-state index in [1.54, 1.807) is 0 Å². The van der Waals surface area contributed by atoms with Gasteiger partial charge in [-0.2, -0.15) is 11.8 Å². The summed E-state index contributed by atoms with van der Waals surface area (Å²) in [6.45, 7) is 3.91. The van der Waals surface area contributed by atoms with Gasteiger partial charge >= 0.3 is 0 Å². The Bertz CT molecular complexity index is 410. The molecular formula is C14H19Cl2NOS. The standard InChI is InChI=1S/C14H19Cl2NOS/c1-2-17-13(14-9-19-6-5-18-14)8-10-3-4-11(15)12(16)7-10/h3-4,7,13-14,17H,2,5-6,8-9H2,1H3. The summed E-state index contributed by atoms with van der Waals surface area (Å²) in [5.74, 6) is 2.15. The molecular weight excluding hydrogens is 301 g/mol. The van der Waals surface area contributed by atoms with Crippen LogP contribution in [0.5, 0.6) is 0 Å². The first kappa shape index (κ1) is 15.5. The van der Waals surface area contributed by atoms with Crippen LogP contribution in [0.2, 0.25) is 10.0 Å². The van der Waals surface area contributed by atoms with Gasteiger partial charge in [-0.3, -0.25) is 0 Å². The zero-order chi connectivity index (χ0) is 13.7. The van der Waals surface area contributed by atoms with E-state index in [2.05, 4.69) is 12.2 Å². The van der Waals surface area contributed by atoms with Crippen molar-refractivity contribution in [2.45, 2.75) is 25.5 Å². The van der Waals surface area contributed by atoms with Crippen LogP contribution in [0.25, 0.3) is 0 Å². The van der Waals surface area contributed by atoms with Crippen molar-refractivity contribution >= 4 is 35.0 Å². The highest BCUT2D eigenvalue weighted by molar-refractivity contribution is 7.99. The highest BCUT2D eigenvalue weighted by Gasteiger charge is 2.24. The van der Waals surface area contributed by atoms with Gasteiger partial charge in [0.05, 0.1) is 22.8 Å². The SMILES string of the molecule is CCNC(Cc1ccc(Cl)c(Cl)c1)C1CSCCO1. The molecule has 0 aromatic heterocycles. The number of hydrogen-bond acceptors (Lipinski definition) is 3. The van der Waals surface area contributed by atoms with Gasteiger partial charge in [-0.1, -0.05) is 36.2 Å². The van der Waals surface area contributed by atoms with Gasteiger partial charge in [0.2, 0.25) is 0 Å². The third-order valence-electron chi connectivity index (χ3n) is 3.20. The third-order valence-corrected chi connectivity index (χ3v) is 4.96. The molecule has 0 amide bonds. The van der Waals surface area contributed by atoms with Gasteiger partial charge in [0.15, 0.2) is 0 Å². The fourth-order valence-corrected chi connectivity index (χ4v) is 3.52. The van der Waals surface area contributed by atoms with E-state index in [-0.39, 0.29) is 6.10 Å². The predicted octanol–water partition coefficient (Wildman–Crippen LogP) is 3.65. The first-order valence-corrected chi connectivity index (χ1v) is 8.48. The lowest BCUT2D eigenvalue weighted by Crippen LogP contribution is -2.46. The van der Waals surface area contributed by atoms with E-state index in [0.717, 1.165) is 31.1 Å². The number of thioether (sulfide) groups is 1. The van der Waals surface area contributed by atoms with Gasteiger partial charge in [-0.15, -0.1) is 0 Å². The van der Waals surface area contributed by atoms with Crippen LogP contribution < -0.4 is 5.32 Å². The van der Waals surface area contributed by atoms with E-state index in [9.17, 15) is 0 Å². The molecule has 1 aromatic rings. The van der Waals surface area contributed by atoms with Crippen molar-refractivity contribution in [2.75, 3.05) is 24.7 Å². The molecule has 106 valence electrons. The summed E-state index contributed by atoms with van der Waals surface area (Å²) in [7, 11) is 0. The molecule has 19 heavy (non-hydrogen) atoms. The monoisotopic (exact) mass is 319 g/mol. The average molecular weight is 320 g/mol. The van der Waals surface area contributed by atoms with Crippen molar-refractivity contribution in [2.24, 2.45) is 0 Å². The molecule has 1 heterocycles. The van der Waals surface area contributed by atoms with E-state index >= 15 is 0 Å². The molecule has 1 aromatic carbocycles. The van der Waals surface area contributed by atoms with Crippen LogP contribution in [0.3, 0.4) is 0 Å². The lowest BCUT2D eigenvalue weighted by Gasteiger charge is -2.31. The highest BCUT2D eigenvalue weighted by atomic mass is 35.5. The Labute approximate surface area is 129 Å². The van der Waals surface area contributed by atoms with Gasteiger partial charge in [0, 0.05) is 17.5 Å². The molecule has 2 rings (SSSR count). The van der Waals surface area contributed by atoms with E-state index in [4.69, 9.17) is 27.9 Å².